The van der Waals surface area contributed by atoms with Crippen molar-refractivity contribution in [1.29, 1.82) is 0 Å². The van der Waals surface area contributed by atoms with Crippen LogP contribution in [0.5, 0.6) is 0 Å². The van der Waals surface area contributed by atoms with Crippen molar-refractivity contribution in [3.8, 4) is 0 Å². The monoisotopic (exact) mass is 207 g/mol. The van der Waals surface area contributed by atoms with Crippen LogP contribution in [-0.2, 0) is 12.6 Å². The SMILES string of the molecule is CCc1c(F)cc(N)cc1C(F)(F)F. The third-order valence-corrected chi connectivity index (χ3v) is 1.88. The first-order valence-corrected chi connectivity index (χ1v) is 4.01. The number of alkyl halides is 3. The highest BCUT2D eigenvalue weighted by atomic mass is 19.4. The van der Waals surface area contributed by atoms with Gasteiger partial charge in [-0.2, -0.15) is 13.2 Å². The van der Waals surface area contributed by atoms with Crippen molar-refractivity contribution in [3.63, 3.8) is 0 Å². The Morgan fingerprint density at radius 3 is 2.29 bits per heavy atom. The molecule has 5 heteroatoms. The van der Waals surface area contributed by atoms with Gasteiger partial charge in [0, 0.05) is 5.69 Å². The summed E-state index contributed by atoms with van der Waals surface area (Å²) in [6, 6.07) is 1.65. The molecule has 78 valence electrons. The Morgan fingerprint density at radius 1 is 1.29 bits per heavy atom. The Kier molecular flexibility index (Phi) is 2.69. The summed E-state index contributed by atoms with van der Waals surface area (Å²) < 4.78 is 50.2. The van der Waals surface area contributed by atoms with Crippen LogP contribution in [0.2, 0.25) is 0 Å². The van der Waals surface area contributed by atoms with Gasteiger partial charge in [0.05, 0.1) is 5.56 Å². The van der Waals surface area contributed by atoms with Crippen molar-refractivity contribution in [2.45, 2.75) is 19.5 Å². The first-order chi connectivity index (χ1) is 6.36. The van der Waals surface area contributed by atoms with Crippen molar-refractivity contribution in [2.24, 2.45) is 0 Å². The molecule has 0 atom stereocenters. The predicted molar refractivity (Wildman–Crippen MR) is 45.2 cm³/mol. The van der Waals surface area contributed by atoms with Crippen LogP contribution < -0.4 is 5.73 Å². The van der Waals surface area contributed by atoms with Crippen LogP contribution in [0.25, 0.3) is 0 Å². The molecule has 0 amide bonds. The summed E-state index contributed by atoms with van der Waals surface area (Å²) in [5.41, 5.74) is 3.59. The largest absolute Gasteiger partial charge is 0.416 e. The smallest absolute Gasteiger partial charge is 0.399 e. The lowest BCUT2D eigenvalue weighted by Gasteiger charge is -2.13. The average molecular weight is 207 g/mol. The van der Waals surface area contributed by atoms with Gasteiger partial charge in [0.25, 0.3) is 0 Å². The first kappa shape index (κ1) is 10.8. The number of nitrogens with two attached hydrogens (primary N) is 1. The normalized spacial score (nSPS) is 11.8. The molecule has 0 saturated carbocycles. The fraction of sp³-hybridized carbons (Fsp3) is 0.333. The van der Waals surface area contributed by atoms with E-state index in [1.54, 1.807) is 0 Å². The van der Waals surface area contributed by atoms with E-state index < -0.39 is 17.6 Å². The number of nitrogen functional groups attached to an aromatic ring is 1. The summed E-state index contributed by atoms with van der Waals surface area (Å²) in [5, 5.41) is 0. The highest BCUT2D eigenvalue weighted by Gasteiger charge is 2.34. The molecule has 1 rings (SSSR count). The Bertz CT molecular complexity index is 343. The molecule has 0 bridgehead atoms. The lowest BCUT2D eigenvalue weighted by atomic mass is 10.0. The van der Waals surface area contributed by atoms with Crippen molar-refractivity contribution >= 4 is 5.69 Å². The topological polar surface area (TPSA) is 26.0 Å². The number of benzene rings is 1. The van der Waals surface area contributed by atoms with E-state index >= 15 is 0 Å². The maximum absolute atomic E-state index is 13.1. The van der Waals surface area contributed by atoms with Gasteiger partial charge in [0.1, 0.15) is 5.82 Å². The van der Waals surface area contributed by atoms with E-state index in [2.05, 4.69) is 0 Å². The highest BCUT2D eigenvalue weighted by Crippen LogP contribution is 2.34. The molecule has 0 aliphatic carbocycles. The molecular weight excluding hydrogens is 198 g/mol. The fourth-order valence-corrected chi connectivity index (χ4v) is 1.27. The molecular formula is C9H9F4N. The van der Waals surface area contributed by atoms with Gasteiger partial charge in [-0.15, -0.1) is 0 Å². The molecule has 0 aliphatic heterocycles. The van der Waals surface area contributed by atoms with Crippen molar-refractivity contribution in [1.82, 2.24) is 0 Å². The van der Waals surface area contributed by atoms with Gasteiger partial charge in [-0.25, -0.2) is 4.39 Å². The minimum Gasteiger partial charge on any atom is -0.399 e. The van der Waals surface area contributed by atoms with Crippen molar-refractivity contribution in [3.05, 3.63) is 29.1 Å². The van der Waals surface area contributed by atoms with Crippen LogP contribution in [0.3, 0.4) is 0 Å². The molecule has 1 nitrogen and oxygen atoms in total. The van der Waals surface area contributed by atoms with E-state index in [4.69, 9.17) is 5.73 Å². The third-order valence-electron chi connectivity index (χ3n) is 1.88. The molecule has 0 aliphatic rings. The van der Waals surface area contributed by atoms with Gasteiger partial charge in [-0.05, 0) is 24.1 Å². The molecule has 1 aromatic rings. The number of halogens is 4. The number of anilines is 1. The van der Waals surface area contributed by atoms with Crippen LogP contribution in [-0.4, -0.2) is 0 Å². The van der Waals surface area contributed by atoms with Gasteiger partial charge < -0.3 is 5.73 Å². The van der Waals surface area contributed by atoms with Crippen molar-refractivity contribution in [2.75, 3.05) is 5.73 Å². The molecule has 0 radical (unpaired) electrons. The fourth-order valence-electron chi connectivity index (χ4n) is 1.27. The van der Waals surface area contributed by atoms with Crippen LogP contribution in [0.1, 0.15) is 18.1 Å². The number of rotatable bonds is 1. The lowest BCUT2D eigenvalue weighted by Crippen LogP contribution is -2.11. The van der Waals surface area contributed by atoms with Gasteiger partial charge in [0.15, 0.2) is 0 Å². The lowest BCUT2D eigenvalue weighted by molar-refractivity contribution is -0.138. The average Bonchev–Trinajstić information content (AvgIpc) is 2.01. The zero-order chi connectivity index (χ0) is 10.9. The van der Waals surface area contributed by atoms with Gasteiger partial charge in [-0.3, -0.25) is 0 Å². The molecule has 14 heavy (non-hydrogen) atoms. The Morgan fingerprint density at radius 2 is 1.86 bits per heavy atom. The Labute approximate surface area is 78.5 Å². The quantitative estimate of drug-likeness (QED) is 0.556. The summed E-state index contributed by atoms with van der Waals surface area (Å²) in [4.78, 5) is 0. The van der Waals surface area contributed by atoms with Crippen LogP contribution in [0.4, 0.5) is 23.2 Å². The van der Waals surface area contributed by atoms with E-state index in [0.29, 0.717) is 0 Å². The van der Waals surface area contributed by atoms with Crippen molar-refractivity contribution < 1.29 is 17.6 Å². The minimum absolute atomic E-state index is 0.0129. The summed E-state index contributed by atoms with van der Waals surface area (Å²) in [7, 11) is 0. The summed E-state index contributed by atoms with van der Waals surface area (Å²) in [6.45, 7) is 1.46. The standard InChI is InChI=1S/C9H9F4N/c1-2-6-7(9(11,12)13)3-5(14)4-8(6)10/h3-4H,2,14H2,1H3. The van der Waals surface area contributed by atoms with Gasteiger partial charge in [0.2, 0.25) is 0 Å². The molecule has 2 N–H and O–H groups in total. The Hall–Kier alpha value is -1.26. The zero-order valence-corrected chi connectivity index (χ0v) is 7.45. The van der Waals surface area contributed by atoms with E-state index in [9.17, 15) is 17.6 Å². The van der Waals surface area contributed by atoms with Gasteiger partial charge in [-0.1, -0.05) is 6.92 Å². The summed E-state index contributed by atoms with van der Waals surface area (Å²) >= 11 is 0. The number of hydrogen-bond acceptors (Lipinski definition) is 1. The molecule has 0 spiro atoms. The molecule has 0 heterocycles. The predicted octanol–water partition coefficient (Wildman–Crippen LogP) is 2.99. The zero-order valence-electron chi connectivity index (χ0n) is 7.45. The second-order valence-electron chi connectivity index (χ2n) is 2.88. The Balaban J connectivity index is 3.40. The third kappa shape index (κ3) is 1.97. The molecule has 1 aromatic carbocycles. The second kappa shape index (κ2) is 3.48. The molecule has 0 fully saturated rings. The second-order valence-corrected chi connectivity index (χ2v) is 2.88. The van der Waals surface area contributed by atoms with Crippen LogP contribution in [0.15, 0.2) is 12.1 Å². The van der Waals surface area contributed by atoms with E-state index in [0.717, 1.165) is 12.1 Å². The van der Waals surface area contributed by atoms with E-state index in [-0.39, 0.29) is 17.7 Å². The molecule has 0 unspecified atom stereocenters. The van der Waals surface area contributed by atoms with E-state index in [1.807, 2.05) is 0 Å². The van der Waals surface area contributed by atoms with E-state index in [1.165, 1.54) is 6.92 Å². The number of hydrogen-bond donors (Lipinski definition) is 1. The summed E-state index contributed by atoms with van der Waals surface area (Å²) in [6.07, 6.45) is -4.57. The van der Waals surface area contributed by atoms with Crippen LogP contribution >= 0.6 is 0 Å². The minimum atomic E-state index is -4.55. The first-order valence-electron chi connectivity index (χ1n) is 4.01. The maximum Gasteiger partial charge on any atom is 0.416 e. The van der Waals surface area contributed by atoms with Crippen LogP contribution in [0, 0.1) is 5.82 Å². The summed E-state index contributed by atoms with van der Waals surface area (Å²) in [5.74, 6) is -0.903. The highest BCUT2D eigenvalue weighted by molar-refractivity contribution is 5.46. The molecule has 0 aromatic heterocycles. The maximum atomic E-state index is 13.1. The van der Waals surface area contributed by atoms with Gasteiger partial charge >= 0.3 is 6.18 Å². The molecule has 0 saturated heterocycles.